The number of aliphatic imine (C=N–C) groups is 1. The third kappa shape index (κ3) is 6.24. The van der Waals surface area contributed by atoms with Gasteiger partial charge in [0.05, 0.1) is 6.26 Å². The van der Waals surface area contributed by atoms with Crippen molar-refractivity contribution in [1.82, 2.24) is 25.4 Å². The minimum atomic E-state index is 0. The molecule has 1 aliphatic rings. The zero-order valence-corrected chi connectivity index (χ0v) is 21.1. The van der Waals surface area contributed by atoms with Gasteiger partial charge in [0.1, 0.15) is 5.82 Å². The highest BCUT2D eigenvalue weighted by Crippen LogP contribution is 2.20. The van der Waals surface area contributed by atoms with Gasteiger partial charge < -0.3 is 19.5 Å². The number of guanidine groups is 1. The second kappa shape index (κ2) is 11.9. The van der Waals surface area contributed by atoms with E-state index >= 15 is 0 Å². The number of aromatic amines is 1. The monoisotopic (exact) mass is 549 g/mol. The van der Waals surface area contributed by atoms with E-state index in [9.17, 15) is 0 Å². The van der Waals surface area contributed by atoms with Crippen LogP contribution in [0.5, 0.6) is 0 Å². The number of hydrogen-bond donors (Lipinski definition) is 2. The van der Waals surface area contributed by atoms with Crippen LogP contribution in [0.15, 0.2) is 52.1 Å². The van der Waals surface area contributed by atoms with E-state index < -0.39 is 0 Å². The van der Waals surface area contributed by atoms with Crippen LogP contribution in [0.1, 0.15) is 30.7 Å². The van der Waals surface area contributed by atoms with E-state index in [4.69, 9.17) is 4.42 Å². The summed E-state index contributed by atoms with van der Waals surface area (Å²) in [5.74, 6) is 2.91. The molecule has 3 heterocycles. The molecule has 32 heavy (non-hydrogen) atoms. The fraction of sp³-hybridized carbons (Fsp3) is 0.435. The molecule has 4 rings (SSSR count). The normalized spacial score (nSPS) is 14.2. The van der Waals surface area contributed by atoms with Gasteiger partial charge in [-0.05, 0) is 49.1 Å². The van der Waals surface area contributed by atoms with E-state index in [1.807, 2.05) is 19.2 Å². The van der Waals surface area contributed by atoms with Gasteiger partial charge in [0.15, 0.2) is 11.7 Å². The Bertz CT molecular complexity index is 963. The van der Waals surface area contributed by atoms with Crippen LogP contribution >= 0.6 is 24.0 Å². The minimum Gasteiger partial charge on any atom is -0.461 e. The predicted octanol–water partition coefficient (Wildman–Crippen LogP) is 3.92. The van der Waals surface area contributed by atoms with Crippen LogP contribution < -0.4 is 10.2 Å². The van der Waals surface area contributed by atoms with Crippen molar-refractivity contribution in [2.75, 3.05) is 38.6 Å². The highest BCUT2D eigenvalue weighted by atomic mass is 127. The molecule has 1 fully saturated rings. The Kier molecular flexibility index (Phi) is 8.95. The second-order valence-corrected chi connectivity index (χ2v) is 7.88. The van der Waals surface area contributed by atoms with Crippen molar-refractivity contribution in [3.8, 4) is 11.6 Å². The highest BCUT2D eigenvalue weighted by molar-refractivity contribution is 14.0. The Balaban J connectivity index is 0.00000289. The van der Waals surface area contributed by atoms with E-state index in [2.05, 4.69) is 66.6 Å². The van der Waals surface area contributed by atoms with Gasteiger partial charge in [0, 0.05) is 52.4 Å². The Labute approximate surface area is 206 Å². The lowest BCUT2D eigenvalue weighted by Crippen LogP contribution is -2.39. The summed E-state index contributed by atoms with van der Waals surface area (Å²) >= 11 is 0. The molecular weight excluding hydrogens is 517 g/mol. The van der Waals surface area contributed by atoms with Crippen LogP contribution in [-0.4, -0.2) is 59.8 Å². The highest BCUT2D eigenvalue weighted by Gasteiger charge is 2.12. The van der Waals surface area contributed by atoms with Gasteiger partial charge in [-0.25, -0.2) is 4.98 Å². The molecule has 0 spiro atoms. The van der Waals surface area contributed by atoms with Crippen LogP contribution in [0, 0.1) is 0 Å². The summed E-state index contributed by atoms with van der Waals surface area (Å²) in [4.78, 5) is 13.5. The van der Waals surface area contributed by atoms with Crippen molar-refractivity contribution < 1.29 is 4.42 Å². The van der Waals surface area contributed by atoms with E-state index in [0.717, 1.165) is 18.3 Å². The van der Waals surface area contributed by atoms with Gasteiger partial charge in [0.2, 0.25) is 5.82 Å². The van der Waals surface area contributed by atoms with Crippen LogP contribution in [0.3, 0.4) is 0 Å². The first-order chi connectivity index (χ1) is 15.2. The molecule has 0 saturated carbocycles. The second-order valence-electron chi connectivity index (χ2n) is 7.88. The van der Waals surface area contributed by atoms with Crippen LogP contribution in [-0.2, 0) is 13.0 Å². The van der Waals surface area contributed by atoms with Crippen molar-refractivity contribution in [3.05, 3.63) is 54.0 Å². The van der Waals surface area contributed by atoms with Gasteiger partial charge in [-0.2, -0.15) is 5.10 Å². The number of anilines is 1. The lowest BCUT2D eigenvalue weighted by molar-refractivity contribution is 0.477. The molecule has 0 unspecified atom stereocenters. The van der Waals surface area contributed by atoms with E-state index in [-0.39, 0.29) is 24.0 Å². The first kappa shape index (κ1) is 24.1. The maximum absolute atomic E-state index is 5.33. The van der Waals surface area contributed by atoms with Crippen molar-refractivity contribution in [1.29, 1.82) is 0 Å². The molecule has 9 heteroatoms. The number of benzene rings is 1. The number of aromatic nitrogens is 3. The number of H-pyrrole nitrogens is 1. The topological polar surface area (TPSA) is 85.6 Å². The lowest BCUT2D eigenvalue weighted by Gasteiger charge is -2.29. The van der Waals surface area contributed by atoms with Gasteiger partial charge in [0.25, 0.3) is 0 Å². The van der Waals surface area contributed by atoms with Crippen molar-refractivity contribution in [2.45, 2.75) is 32.2 Å². The quantitative estimate of drug-likeness (QED) is 0.264. The SMILES string of the molecule is CN=C(NCCc1nc(-c2ccco2)n[nH]1)N(C)Cc1ccc(N2CCCCC2)cc1.I. The lowest BCUT2D eigenvalue weighted by atomic mass is 10.1. The summed E-state index contributed by atoms with van der Waals surface area (Å²) < 4.78 is 5.33. The maximum atomic E-state index is 5.33. The van der Waals surface area contributed by atoms with Crippen LogP contribution in [0.25, 0.3) is 11.6 Å². The number of halogens is 1. The molecule has 0 atom stereocenters. The van der Waals surface area contributed by atoms with Gasteiger partial charge >= 0.3 is 0 Å². The molecule has 0 amide bonds. The molecule has 172 valence electrons. The summed E-state index contributed by atoms with van der Waals surface area (Å²) in [6.45, 7) is 3.84. The molecule has 0 bridgehead atoms. The van der Waals surface area contributed by atoms with Crippen molar-refractivity contribution in [2.24, 2.45) is 4.99 Å². The van der Waals surface area contributed by atoms with Crippen molar-refractivity contribution in [3.63, 3.8) is 0 Å². The number of piperidine rings is 1. The maximum Gasteiger partial charge on any atom is 0.216 e. The van der Waals surface area contributed by atoms with E-state index in [0.29, 0.717) is 24.6 Å². The number of nitrogens with zero attached hydrogens (tertiary/aromatic N) is 5. The molecule has 0 radical (unpaired) electrons. The van der Waals surface area contributed by atoms with Gasteiger partial charge in [-0.15, -0.1) is 24.0 Å². The summed E-state index contributed by atoms with van der Waals surface area (Å²) in [5.41, 5.74) is 2.60. The molecule has 2 aromatic heterocycles. The number of nitrogens with one attached hydrogen (secondary N) is 2. The van der Waals surface area contributed by atoms with Gasteiger partial charge in [-0.3, -0.25) is 10.1 Å². The Morgan fingerprint density at radius 2 is 1.97 bits per heavy atom. The number of furan rings is 1. The summed E-state index contributed by atoms with van der Waals surface area (Å²) in [5, 5.41) is 10.6. The summed E-state index contributed by atoms with van der Waals surface area (Å²) in [6, 6.07) is 12.6. The first-order valence-corrected chi connectivity index (χ1v) is 10.9. The zero-order valence-electron chi connectivity index (χ0n) is 18.8. The molecule has 0 aliphatic carbocycles. The predicted molar refractivity (Wildman–Crippen MR) is 139 cm³/mol. The summed E-state index contributed by atoms with van der Waals surface area (Å²) in [7, 11) is 3.86. The number of rotatable bonds is 7. The smallest absolute Gasteiger partial charge is 0.216 e. The molecule has 2 N–H and O–H groups in total. The molecule has 1 saturated heterocycles. The Morgan fingerprint density at radius 3 is 2.66 bits per heavy atom. The third-order valence-electron chi connectivity index (χ3n) is 5.57. The molecule has 1 aromatic carbocycles. The minimum absolute atomic E-state index is 0. The number of hydrogen-bond acceptors (Lipinski definition) is 5. The van der Waals surface area contributed by atoms with Crippen LogP contribution in [0.2, 0.25) is 0 Å². The van der Waals surface area contributed by atoms with Gasteiger partial charge in [-0.1, -0.05) is 12.1 Å². The largest absolute Gasteiger partial charge is 0.461 e. The fourth-order valence-corrected chi connectivity index (χ4v) is 3.91. The summed E-state index contributed by atoms with van der Waals surface area (Å²) in [6.07, 6.45) is 6.28. The average Bonchev–Trinajstić information content (AvgIpc) is 3.50. The third-order valence-corrected chi connectivity index (χ3v) is 5.57. The van der Waals surface area contributed by atoms with E-state index in [1.54, 1.807) is 6.26 Å². The fourth-order valence-electron chi connectivity index (χ4n) is 3.91. The zero-order chi connectivity index (χ0) is 21.5. The molecule has 3 aromatic rings. The average molecular weight is 549 g/mol. The Hall–Kier alpha value is -2.56. The van der Waals surface area contributed by atoms with Crippen molar-refractivity contribution >= 4 is 35.6 Å². The molecule has 8 nitrogen and oxygen atoms in total. The van der Waals surface area contributed by atoms with E-state index in [1.165, 1.54) is 43.6 Å². The standard InChI is InChI=1S/C23H31N7O.HI/c1-24-23(25-13-12-21-26-22(28-27-21)20-7-6-16-31-20)29(2)17-18-8-10-19(11-9-18)30-14-4-3-5-15-30;/h6-11,16H,3-5,12-15,17H2,1-2H3,(H,24,25)(H,26,27,28);1H. The first-order valence-electron chi connectivity index (χ1n) is 10.9. The van der Waals surface area contributed by atoms with Crippen LogP contribution in [0.4, 0.5) is 5.69 Å². The molecular formula is C23H32IN7O. The molecule has 1 aliphatic heterocycles. The Morgan fingerprint density at radius 1 is 1.19 bits per heavy atom.